The summed E-state index contributed by atoms with van der Waals surface area (Å²) in [5.41, 5.74) is 8.28. The Bertz CT molecular complexity index is 937. The van der Waals surface area contributed by atoms with Crippen LogP contribution in [0.4, 0.5) is 8.78 Å². The van der Waals surface area contributed by atoms with E-state index in [2.05, 4.69) is 72.2 Å². The van der Waals surface area contributed by atoms with Crippen LogP contribution < -0.4 is 0 Å². The molecule has 0 aliphatic rings. The molecule has 0 aromatic heterocycles. The van der Waals surface area contributed by atoms with Gasteiger partial charge in [0.1, 0.15) is 27.8 Å². The molecular weight excluding hydrogens is 486 g/mol. The van der Waals surface area contributed by atoms with E-state index in [0.717, 1.165) is 34.0 Å². The smallest absolute Gasteiger partial charge is 0.129 e. The highest BCUT2D eigenvalue weighted by Crippen LogP contribution is 2.15. The van der Waals surface area contributed by atoms with E-state index in [1.807, 2.05) is 32.0 Å². The van der Waals surface area contributed by atoms with Gasteiger partial charge in [0.25, 0.3) is 0 Å². The second-order valence-corrected chi connectivity index (χ2v) is 19.6. The van der Waals surface area contributed by atoms with Gasteiger partial charge in [0.2, 0.25) is 0 Å². The van der Waals surface area contributed by atoms with Crippen molar-refractivity contribution >= 4 is 32.1 Å². The van der Waals surface area contributed by atoms with Crippen LogP contribution in [-0.2, 0) is 12.8 Å². The molecule has 0 aliphatic heterocycles. The Morgan fingerprint density at radius 1 is 0.806 bits per heavy atom. The van der Waals surface area contributed by atoms with Crippen molar-refractivity contribution in [2.45, 2.75) is 66.0 Å². The van der Waals surface area contributed by atoms with E-state index in [-0.39, 0.29) is 11.6 Å². The molecule has 0 fully saturated rings. The second kappa shape index (κ2) is 13.7. The highest BCUT2D eigenvalue weighted by atomic mass is 79.9. The molecule has 0 saturated heterocycles. The molecule has 0 saturated carbocycles. The van der Waals surface area contributed by atoms with E-state index in [4.69, 9.17) is 6.42 Å². The van der Waals surface area contributed by atoms with Gasteiger partial charge in [0, 0.05) is 10.0 Å². The van der Waals surface area contributed by atoms with Gasteiger partial charge in [0.15, 0.2) is 0 Å². The number of rotatable bonds is 2. The van der Waals surface area contributed by atoms with E-state index < -0.39 is 16.1 Å². The minimum Gasteiger partial charge on any atom is -0.207 e. The van der Waals surface area contributed by atoms with Crippen LogP contribution in [0.1, 0.15) is 30.5 Å². The van der Waals surface area contributed by atoms with Crippen LogP contribution in [0.3, 0.4) is 0 Å². The van der Waals surface area contributed by atoms with Crippen LogP contribution >= 0.6 is 15.9 Å². The molecule has 2 aromatic carbocycles. The van der Waals surface area contributed by atoms with Gasteiger partial charge in [-0.1, -0.05) is 87.1 Å². The molecule has 0 amide bonds. The van der Waals surface area contributed by atoms with Crippen LogP contribution in [0.5, 0.6) is 0 Å². The fourth-order valence-electron chi connectivity index (χ4n) is 1.98. The molecule has 0 spiro atoms. The Balaban J connectivity index is 0.000000484. The Morgan fingerprint density at radius 2 is 1.26 bits per heavy atom. The van der Waals surface area contributed by atoms with Crippen molar-refractivity contribution in [2.75, 3.05) is 0 Å². The summed E-state index contributed by atoms with van der Waals surface area (Å²) in [5.74, 6) is 2.78. The molecule has 0 atom stereocenters. The van der Waals surface area contributed by atoms with Crippen molar-refractivity contribution in [1.29, 1.82) is 0 Å². The van der Waals surface area contributed by atoms with E-state index in [0.29, 0.717) is 0 Å². The predicted octanol–water partition coefficient (Wildman–Crippen LogP) is 8.26. The van der Waals surface area contributed by atoms with Gasteiger partial charge in [-0.3, -0.25) is 0 Å². The third kappa shape index (κ3) is 14.1. The quantitative estimate of drug-likeness (QED) is 0.276. The summed E-state index contributed by atoms with van der Waals surface area (Å²) < 4.78 is 27.0. The summed E-state index contributed by atoms with van der Waals surface area (Å²) in [6, 6.07) is 10.4. The molecule has 0 aliphatic carbocycles. The molecule has 2 rings (SSSR count). The molecule has 5 heteroatoms. The molecule has 0 N–H and O–H groups in total. The Hall–Kier alpha value is -1.67. The van der Waals surface area contributed by atoms with Crippen LogP contribution in [0.2, 0.25) is 39.3 Å². The van der Waals surface area contributed by atoms with Crippen molar-refractivity contribution < 1.29 is 8.78 Å². The van der Waals surface area contributed by atoms with Crippen LogP contribution in [0.25, 0.3) is 0 Å². The van der Waals surface area contributed by atoms with Gasteiger partial charge < -0.3 is 0 Å². The summed E-state index contributed by atoms with van der Waals surface area (Å²) in [7, 11) is -2.47. The molecule has 31 heavy (non-hydrogen) atoms. The van der Waals surface area contributed by atoms with Crippen molar-refractivity contribution in [1.82, 2.24) is 0 Å². The number of benzene rings is 2. The summed E-state index contributed by atoms with van der Waals surface area (Å²) in [4.78, 5) is 0. The minimum absolute atomic E-state index is 0.128. The molecule has 168 valence electrons. The summed E-state index contributed by atoms with van der Waals surface area (Å²) in [6.45, 7) is 16.9. The lowest BCUT2D eigenvalue weighted by Gasteiger charge is -2.04. The van der Waals surface area contributed by atoms with E-state index in [9.17, 15) is 8.78 Å². The summed E-state index contributed by atoms with van der Waals surface area (Å²) in [6.07, 6.45) is 6.60. The van der Waals surface area contributed by atoms with Crippen LogP contribution in [0.15, 0.2) is 40.9 Å². The minimum atomic E-state index is -1.36. The van der Waals surface area contributed by atoms with Gasteiger partial charge in [-0.25, -0.2) is 8.78 Å². The van der Waals surface area contributed by atoms with Gasteiger partial charge in [-0.05, 0) is 48.2 Å². The molecule has 2 aromatic rings. The first-order chi connectivity index (χ1) is 14.2. The fraction of sp³-hybridized carbons (Fsp3) is 0.385. The van der Waals surface area contributed by atoms with Gasteiger partial charge >= 0.3 is 0 Å². The van der Waals surface area contributed by atoms with E-state index >= 15 is 0 Å². The molecule has 0 heterocycles. The highest BCUT2D eigenvalue weighted by molar-refractivity contribution is 9.10. The first-order valence-corrected chi connectivity index (χ1v) is 18.2. The zero-order valence-electron chi connectivity index (χ0n) is 20.1. The van der Waals surface area contributed by atoms with Gasteiger partial charge in [0.05, 0.1) is 0 Å². The third-order valence-corrected chi connectivity index (χ3v) is 6.08. The zero-order valence-corrected chi connectivity index (χ0v) is 23.7. The van der Waals surface area contributed by atoms with Crippen molar-refractivity contribution in [3.8, 4) is 23.4 Å². The topological polar surface area (TPSA) is 0 Å². The van der Waals surface area contributed by atoms with E-state index in [1.54, 1.807) is 6.07 Å². The summed E-state index contributed by atoms with van der Waals surface area (Å²) >= 11 is 3.19. The van der Waals surface area contributed by atoms with Crippen LogP contribution in [-0.4, -0.2) is 16.1 Å². The zero-order chi connectivity index (χ0) is 24.2. The lowest BCUT2D eigenvalue weighted by molar-refractivity contribution is 0.611. The number of aryl methyl sites for hydroxylation is 2. The molecule has 0 nitrogen and oxygen atoms in total. The normalized spacial score (nSPS) is 10.4. The van der Waals surface area contributed by atoms with E-state index in [1.165, 1.54) is 12.1 Å². The second-order valence-electron chi connectivity index (χ2n) is 9.14. The largest absolute Gasteiger partial charge is 0.207 e. The standard InChI is InChI=1S/C13H17FSi.C8H8BrF.C5H10Si/c1-5-12-7-6-11(10-13(12)14)8-9-15(2,3)4;1-2-6-3-4-7(9)5-8(6)10;1-5-6(2,3)4/h6-7,10H,5H2,1-4H3;3-5H,2H2,1H3;1H,2-4H3. The maximum absolute atomic E-state index is 13.4. The maximum Gasteiger partial charge on any atom is 0.129 e. The number of hydrogen-bond donors (Lipinski definition) is 0. The van der Waals surface area contributed by atoms with Gasteiger partial charge in [-0.15, -0.1) is 17.5 Å². The Morgan fingerprint density at radius 3 is 1.61 bits per heavy atom. The Labute approximate surface area is 199 Å². The summed E-state index contributed by atoms with van der Waals surface area (Å²) in [5, 5.41) is 0. The third-order valence-electron chi connectivity index (χ3n) is 3.84. The molecular formula is C26H35BrF2Si2. The predicted molar refractivity (Wildman–Crippen MR) is 142 cm³/mol. The van der Waals surface area contributed by atoms with Crippen molar-refractivity contribution in [3.05, 3.63) is 69.2 Å². The lowest BCUT2D eigenvalue weighted by atomic mass is 10.1. The van der Waals surface area contributed by atoms with Gasteiger partial charge in [-0.2, -0.15) is 0 Å². The van der Waals surface area contributed by atoms with Crippen molar-refractivity contribution in [3.63, 3.8) is 0 Å². The van der Waals surface area contributed by atoms with Crippen LogP contribution in [0, 0.1) is 35.1 Å². The molecule has 0 radical (unpaired) electrons. The number of terminal acetylenes is 1. The average Bonchev–Trinajstić information content (AvgIpc) is 2.66. The van der Waals surface area contributed by atoms with Crippen molar-refractivity contribution in [2.24, 2.45) is 0 Å². The maximum atomic E-state index is 13.4. The molecule has 0 bridgehead atoms. The molecule has 0 unspecified atom stereocenters. The average molecular weight is 522 g/mol. The first-order valence-electron chi connectivity index (χ1n) is 10.5. The number of halogens is 3. The Kier molecular flexibility index (Phi) is 12.9. The fourth-order valence-corrected chi connectivity index (χ4v) is 2.83. The highest BCUT2D eigenvalue weighted by Gasteiger charge is 2.08. The lowest BCUT2D eigenvalue weighted by Crippen LogP contribution is -2.16. The number of hydrogen-bond acceptors (Lipinski definition) is 0. The monoisotopic (exact) mass is 520 g/mol. The SMILES string of the molecule is C#C[Si](C)(C)C.CCc1ccc(Br)cc1F.CCc1ccc(C#C[Si](C)(C)C)cc1F. The first kappa shape index (κ1) is 29.3.